The summed E-state index contributed by atoms with van der Waals surface area (Å²) in [5.41, 5.74) is -0.694. The predicted molar refractivity (Wildman–Crippen MR) is 85.4 cm³/mol. The fourth-order valence-electron chi connectivity index (χ4n) is 2.04. The number of halogens is 4. The van der Waals surface area contributed by atoms with Gasteiger partial charge in [0.15, 0.2) is 0 Å². The number of carbonyl (C=O) groups excluding carboxylic acids is 1. The lowest BCUT2D eigenvalue weighted by Gasteiger charge is -2.13. The van der Waals surface area contributed by atoms with Crippen LogP contribution in [0.4, 0.5) is 13.2 Å². The van der Waals surface area contributed by atoms with Gasteiger partial charge in [-0.05, 0) is 42.8 Å². The van der Waals surface area contributed by atoms with Crippen LogP contribution in [0, 0.1) is 6.92 Å². The van der Waals surface area contributed by atoms with Crippen LogP contribution in [0.15, 0.2) is 40.8 Å². The SMILES string of the molecule is Cc1ccc(CN(C)C(=O)/C=C/c2ccc(Cl)c(C(F)(F)F)c2)o1. The number of hydrogen-bond acceptors (Lipinski definition) is 2. The van der Waals surface area contributed by atoms with Crippen molar-refractivity contribution in [1.82, 2.24) is 4.90 Å². The van der Waals surface area contributed by atoms with Gasteiger partial charge in [0, 0.05) is 13.1 Å². The Bertz CT molecular complexity index is 765. The Morgan fingerprint density at radius 3 is 2.58 bits per heavy atom. The van der Waals surface area contributed by atoms with Crippen LogP contribution in [0.1, 0.15) is 22.6 Å². The molecule has 1 aromatic heterocycles. The molecule has 1 aromatic carbocycles. The summed E-state index contributed by atoms with van der Waals surface area (Å²) in [6, 6.07) is 7.02. The number of benzene rings is 1. The molecular weight excluding hydrogens is 343 g/mol. The fourth-order valence-corrected chi connectivity index (χ4v) is 2.27. The largest absolute Gasteiger partial charge is 0.464 e. The van der Waals surface area contributed by atoms with Crippen LogP contribution in [0.3, 0.4) is 0 Å². The van der Waals surface area contributed by atoms with E-state index in [4.69, 9.17) is 16.0 Å². The monoisotopic (exact) mass is 357 g/mol. The van der Waals surface area contributed by atoms with Crippen LogP contribution < -0.4 is 0 Å². The maximum Gasteiger partial charge on any atom is 0.417 e. The molecule has 0 radical (unpaired) electrons. The lowest BCUT2D eigenvalue weighted by molar-refractivity contribution is -0.137. The second kappa shape index (κ2) is 7.13. The average Bonchev–Trinajstić information content (AvgIpc) is 2.90. The summed E-state index contributed by atoms with van der Waals surface area (Å²) in [4.78, 5) is 13.4. The van der Waals surface area contributed by atoms with E-state index in [1.165, 1.54) is 23.1 Å². The molecule has 24 heavy (non-hydrogen) atoms. The van der Waals surface area contributed by atoms with Crippen LogP contribution in [-0.2, 0) is 17.5 Å². The third kappa shape index (κ3) is 4.64. The zero-order chi connectivity index (χ0) is 17.9. The Morgan fingerprint density at radius 2 is 2.00 bits per heavy atom. The second-order valence-electron chi connectivity index (χ2n) is 5.28. The molecule has 0 N–H and O–H groups in total. The number of nitrogens with zero attached hydrogens (tertiary/aromatic N) is 1. The summed E-state index contributed by atoms with van der Waals surface area (Å²) in [6.45, 7) is 2.06. The molecule has 3 nitrogen and oxygen atoms in total. The maximum absolute atomic E-state index is 12.8. The number of amides is 1. The Labute approximate surface area is 142 Å². The molecule has 0 fully saturated rings. The molecule has 0 bridgehead atoms. The molecule has 128 valence electrons. The number of hydrogen-bond donors (Lipinski definition) is 0. The van der Waals surface area contributed by atoms with Crippen molar-refractivity contribution in [3.8, 4) is 0 Å². The number of aryl methyl sites for hydroxylation is 1. The summed E-state index contributed by atoms with van der Waals surface area (Å²) in [7, 11) is 1.58. The number of rotatable bonds is 4. The molecule has 1 heterocycles. The standard InChI is InChI=1S/C17H15ClF3NO2/c1-11-3-6-13(24-11)10-22(2)16(23)8-5-12-4-7-15(18)14(9-12)17(19,20)21/h3-9H,10H2,1-2H3/b8-5+. The molecule has 0 aliphatic rings. The van der Waals surface area contributed by atoms with Gasteiger partial charge in [0.2, 0.25) is 5.91 Å². The van der Waals surface area contributed by atoms with Crippen molar-refractivity contribution in [3.05, 3.63) is 64.1 Å². The summed E-state index contributed by atoms with van der Waals surface area (Å²) >= 11 is 5.56. The summed E-state index contributed by atoms with van der Waals surface area (Å²) in [5, 5.41) is -0.378. The Morgan fingerprint density at radius 1 is 1.29 bits per heavy atom. The van der Waals surface area contributed by atoms with Crippen LogP contribution in [0.5, 0.6) is 0 Å². The van der Waals surface area contributed by atoms with E-state index < -0.39 is 11.7 Å². The van der Waals surface area contributed by atoms with E-state index in [0.29, 0.717) is 5.76 Å². The summed E-state index contributed by atoms with van der Waals surface area (Å²) in [6.07, 6.45) is -2.02. The van der Waals surface area contributed by atoms with E-state index in [2.05, 4.69) is 0 Å². The Kier molecular flexibility index (Phi) is 5.39. The molecule has 2 aromatic rings. The first-order valence-electron chi connectivity index (χ1n) is 7.02. The van der Waals surface area contributed by atoms with Crippen LogP contribution >= 0.6 is 11.6 Å². The zero-order valence-corrected chi connectivity index (χ0v) is 13.8. The topological polar surface area (TPSA) is 33.5 Å². The molecule has 0 spiro atoms. The van der Waals surface area contributed by atoms with Gasteiger partial charge in [-0.1, -0.05) is 17.7 Å². The van der Waals surface area contributed by atoms with Crippen molar-refractivity contribution in [2.75, 3.05) is 7.05 Å². The summed E-state index contributed by atoms with van der Waals surface area (Å²) in [5.74, 6) is 1.01. The number of alkyl halides is 3. The average molecular weight is 358 g/mol. The van der Waals surface area contributed by atoms with Gasteiger partial charge in [0.05, 0.1) is 17.1 Å². The maximum atomic E-state index is 12.8. The minimum atomic E-state index is -4.54. The number of likely N-dealkylation sites (N-methyl/N-ethyl adjacent to an activating group) is 1. The highest BCUT2D eigenvalue weighted by atomic mass is 35.5. The molecule has 1 amide bonds. The number of furan rings is 1. The molecule has 2 rings (SSSR count). The highest BCUT2D eigenvalue weighted by Crippen LogP contribution is 2.35. The van der Waals surface area contributed by atoms with Crippen LogP contribution in [0.25, 0.3) is 6.08 Å². The van der Waals surface area contributed by atoms with Gasteiger partial charge in [-0.2, -0.15) is 13.2 Å². The minimum Gasteiger partial charge on any atom is -0.464 e. The van der Waals surface area contributed by atoms with Gasteiger partial charge in [-0.25, -0.2) is 0 Å². The van der Waals surface area contributed by atoms with Crippen LogP contribution in [0.2, 0.25) is 5.02 Å². The van der Waals surface area contributed by atoms with Crippen LogP contribution in [-0.4, -0.2) is 17.9 Å². The normalized spacial score (nSPS) is 11.9. The van der Waals surface area contributed by atoms with Gasteiger partial charge >= 0.3 is 6.18 Å². The quantitative estimate of drug-likeness (QED) is 0.727. The Hall–Kier alpha value is -2.21. The van der Waals surface area contributed by atoms with Gasteiger partial charge in [-0.15, -0.1) is 0 Å². The van der Waals surface area contributed by atoms with Gasteiger partial charge in [-0.3, -0.25) is 4.79 Å². The van der Waals surface area contributed by atoms with Crippen molar-refractivity contribution in [3.63, 3.8) is 0 Å². The third-order valence-corrected chi connectivity index (χ3v) is 3.61. The van der Waals surface area contributed by atoms with Crippen molar-refractivity contribution < 1.29 is 22.4 Å². The van der Waals surface area contributed by atoms with E-state index in [-0.39, 0.29) is 23.0 Å². The molecule has 0 saturated carbocycles. The molecule has 7 heteroatoms. The molecule has 0 unspecified atom stereocenters. The lowest BCUT2D eigenvalue weighted by atomic mass is 10.1. The van der Waals surface area contributed by atoms with E-state index in [1.807, 2.05) is 0 Å². The highest BCUT2D eigenvalue weighted by molar-refractivity contribution is 6.31. The first-order valence-corrected chi connectivity index (χ1v) is 7.40. The molecule has 0 aliphatic carbocycles. The highest BCUT2D eigenvalue weighted by Gasteiger charge is 2.33. The molecule has 0 aliphatic heterocycles. The molecule has 0 saturated heterocycles. The van der Waals surface area contributed by atoms with Gasteiger partial charge in [0.25, 0.3) is 0 Å². The van der Waals surface area contributed by atoms with Crippen molar-refractivity contribution in [2.45, 2.75) is 19.6 Å². The fraction of sp³-hybridized carbons (Fsp3) is 0.235. The smallest absolute Gasteiger partial charge is 0.417 e. The Balaban J connectivity index is 2.08. The van der Waals surface area contributed by atoms with Gasteiger partial charge in [0.1, 0.15) is 11.5 Å². The zero-order valence-electron chi connectivity index (χ0n) is 13.0. The summed E-state index contributed by atoms with van der Waals surface area (Å²) < 4.78 is 43.8. The van der Waals surface area contributed by atoms with Crippen molar-refractivity contribution in [1.29, 1.82) is 0 Å². The minimum absolute atomic E-state index is 0.238. The predicted octanol–water partition coefficient (Wildman–Crippen LogP) is 4.93. The van der Waals surface area contributed by atoms with E-state index in [1.54, 1.807) is 26.1 Å². The first kappa shape index (κ1) is 18.1. The van der Waals surface area contributed by atoms with E-state index in [0.717, 1.165) is 17.9 Å². The van der Waals surface area contributed by atoms with Crippen molar-refractivity contribution >= 4 is 23.6 Å². The van der Waals surface area contributed by atoms with E-state index in [9.17, 15) is 18.0 Å². The second-order valence-corrected chi connectivity index (χ2v) is 5.68. The lowest BCUT2D eigenvalue weighted by Crippen LogP contribution is -2.23. The van der Waals surface area contributed by atoms with E-state index >= 15 is 0 Å². The molecular formula is C17H15ClF3NO2. The third-order valence-electron chi connectivity index (χ3n) is 3.28. The first-order chi connectivity index (χ1) is 11.2. The molecule has 0 atom stereocenters. The van der Waals surface area contributed by atoms with Crippen molar-refractivity contribution in [2.24, 2.45) is 0 Å². The van der Waals surface area contributed by atoms with Gasteiger partial charge < -0.3 is 9.32 Å². The number of carbonyl (C=O) groups is 1.